The molecule has 3 rings (SSSR count). The number of anilines is 1. The van der Waals surface area contributed by atoms with Crippen molar-refractivity contribution in [3.8, 4) is 0 Å². The number of carbonyl (C=O) groups excluding carboxylic acids is 1. The van der Waals surface area contributed by atoms with Gasteiger partial charge in [0.1, 0.15) is 5.82 Å². The highest BCUT2D eigenvalue weighted by molar-refractivity contribution is 7.91. The number of halogens is 1. The highest BCUT2D eigenvalue weighted by Gasteiger charge is 2.29. The lowest BCUT2D eigenvalue weighted by molar-refractivity contribution is 0.0941. The van der Waals surface area contributed by atoms with Crippen LogP contribution in [0.2, 0.25) is 5.02 Å². The van der Waals surface area contributed by atoms with E-state index in [9.17, 15) is 13.2 Å². The number of benzene rings is 1. The summed E-state index contributed by atoms with van der Waals surface area (Å²) >= 11 is 6.12. The zero-order chi connectivity index (χ0) is 17.9. The molecule has 1 aromatic heterocycles. The van der Waals surface area contributed by atoms with Crippen LogP contribution in [0.4, 0.5) is 5.82 Å². The first-order valence-electron chi connectivity index (χ1n) is 7.87. The lowest BCUT2D eigenvalue weighted by Gasteiger charge is -2.12. The highest BCUT2D eigenvalue weighted by atomic mass is 35.5. The SMILES string of the molecule is O=C(NC1CCS(=O)(=O)C1)c1ccnc(NCc2ccccc2Cl)c1. The van der Waals surface area contributed by atoms with Crippen LogP contribution in [0.25, 0.3) is 0 Å². The van der Waals surface area contributed by atoms with E-state index >= 15 is 0 Å². The largest absolute Gasteiger partial charge is 0.366 e. The summed E-state index contributed by atoms with van der Waals surface area (Å²) in [6, 6.07) is 10.4. The summed E-state index contributed by atoms with van der Waals surface area (Å²) in [5.74, 6) is 0.373. The summed E-state index contributed by atoms with van der Waals surface area (Å²) in [5.41, 5.74) is 1.36. The van der Waals surface area contributed by atoms with Gasteiger partial charge in [0, 0.05) is 29.4 Å². The summed E-state index contributed by atoms with van der Waals surface area (Å²) in [7, 11) is -3.03. The average molecular weight is 380 g/mol. The summed E-state index contributed by atoms with van der Waals surface area (Å²) in [6.45, 7) is 0.485. The topological polar surface area (TPSA) is 88.2 Å². The van der Waals surface area contributed by atoms with Gasteiger partial charge in [0.15, 0.2) is 9.84 Å². The number of hydrogen-bond donors (Lipinski definition) is 2. The summed E-state index contributed by atoms with van der Waals surface area (Å²) < 4.78 is 23.0. The van der Waals surface area contributed by atoms with E-state index < -0.39 is 9.84 Å². The number of sulfone groups is 1. The molecule has 1 amide bonds. The van der Waals surface area contributed by atoms with Crippen molar-refractivity contribution in [2.45, 2.75) is 19.0 Å². The van der Waals surface area contributed by atoms with Gasteiger partial charge in [-0.15, -0.1) is 0 Å². The van der Waals surface area contributed by atoms with Crippen molar-refractivity contribution in [3.63, 3.8) is 0 Å². The molecule has 132 valence electrons. The third-order valence-electron chi connectivity index (χ3n) is 4.01. The van der Waals surface area contributed by atoms with Gasteiger partial charge in [0.25, 0.3) is 5.91 Å². The average Bonchev–Trinajstić information content (AvgIpc) is 2.93. The molecule has 1 fully saturated rings. The maximum atomic E-state index is 12.3. The Morgan fingerprint density at radius 2 is 2.08 bits per heavy atom. The third-order valence-corrected chi connectivity index (χ3v) is 6.14. The van der Waals surface area contributed by atoms with E-state index in [-0.39, 0.29) is 23.5 Å². The molecular weight excluding hydrogens is 362 g/mol. The Kier molecular flexibility index (Phi) is 5.24. The smallest absolute Gasteiger partial charge is 0.251 e. The monoisotopic (exact) mass is 379 g/mol. The van der Waals surface area contributed by atoms with E-state index in [1.165, 1.54) is 6.20 Å². The molecule has 0 saturated carbocycles. The van der Waals surface area contributed by atoms with Crippen LogP contribution in [0.3, 0.4) is 0 Å². The lowest BCUT2D eigenvalue weighted by Crippen LogP contribution is -2.35. The van der Waals surface area contributed by atoms with Crippen molar-refractivity contribution in [3.05, 3.63) is 58.7 Å². The van der Waals surface area contributed by atoms with Crippen molar-refractivity contribution >= 4 is 33.2 Å². The second kappa shape index (κ2) is 7.41. The number of pyridine rings is 1. The Labute approximate surface area is 151 Å². The van der Waals surface area contributed by atoms with E-state index in [0.717, 1.165) is 5.56 Å². The van der Waals surface area contributed by atoms with Crippen LogP contribution in [0.5, 0.6) is 0 Å². The van der Waals surface area contributed by atoms with Gasteiger partial charge in [0.05, 0.1) is 11.5 Å². The van der Waals surface area contributed by atoms with Crippen LogP contribution < -0.4 is 10.6 Å². The van der Waals surface area contributed by atoms with Gasteiger partial charge in [0.2, 0.25) is 0 Å². The van der Waals surface area contributed by atoms with E-state index in [2.05, 4.69) is 15.6 Å². The van der Waals surface area contributed by atoms with E-state index in [1.807, 2.05) is 24.3 Å². The van der Waals surface area contributed by atoms with Crippen LogP contribution in [0.1, 0.15) is 22.3 Å². The van der Waals surface area contributed by atoms with Gasteiger partial charge in [-0.25, -0.2) is 13.4 Å². The lowest BCUT2D eigenvalue weighted by atomic mass is 10.2. The van der Waals surface area contributed by atoms with Crippen molar-refractivity contribution in [1.82, 2.24) is 10.3 Å². The zero-order valence-corrected chi connectivity index (χ0v) is 15.0. The first-order valence-corrected chi connectivity index (χ1v) is 10.1. The maximum Gasteiger partial charge on any atom is 0.251 e. The third kappa shape index (κ3) is 4.70. The summed E-state index contributed by atoms with van der Waals surface area (Å²) in [6.07, 6.45) is 1.99. The van der Waals surface area contributed by atoms with E-state index in [0.29, 0.717) is 29.4 Å². The first-order chi connectivity index (χ1) is 11.9. The molecule has 1 aliphatic rings. The molecule has 1 aromatic carbocycles. The normalized spacial score (nSPS) is 18.7. The van der Waals surface area contributed by atoms with Crippen LogP contribution in [-0.4, -0.2) is 36.9 Å². The second-order valence-electron chi connectivity index (χ2n) is 5.95. The van der Waals surface area contributed by atoms with Crippen LogP contribution in [-0.2, 0) is 16.4 Å². The van der Waals surface area contributed by atoms with Crippen LogP contribution >= 0.6 is 11.6 Å². The number of carbonyl (C=O) groups is 1. The van der Waals surface area contributed by atoms with Gasteiger partial charge < -0.3 is 10.6 Å². The first kappa shape index (κ1) is 17.7. The quantitative estimate of drug-likeness (QED) is 0.831. The van der Waals surface area contributed by atoms with Gasteiger partial charge in [-0.1, -0.05) is 29.8 Å². The predicted octanol–water partition coefficient (Wildman–Crippen LogP) is 2.26. The molecule has 1 saturated heterocycles. The highest BCUT2D eigenvalue weighted by Crippen LogP contribution is 2.17. The van der Waals surface area contributed by atoms with Crippen molar-refractivity contribution in [1.29, 1.82) is 0 Å². The van der Waals surface area contributed by atoms with E-state index in [4.69, 9.17) is 11.6 Å². The van der Waals surface area contributed by atoms with Gasteiger partial charge in [-0.3, -0.25) is 4.79 Å². The summed E-state index contributed by atoms with van der Waals surface area (Å²) in [4.78, 5) is 16.5. The molecule has 2 aromatic rings. The van der Waals surface area contributed by atoms with E-state index in [1.54, 1.807) is 12.1 Å². The molecule has 1 unspecified atom stereocenters. The van der Waals surface area contributed by atoms with Crippen molar-refractivity contribution in [2.24, 2.45) is 0 Å². The van der Waals surface area contributed by atoms with Gasteiger partial charge in [-0.2, -0.15) is 0 Å². The minimum Gasteiger partial charge on any atom is -0.366 e. The van der Waals surface area contributed by atoms with Gasteiger partial charge >= 0.3 is 0 Å². The molecule has 1 atom stereocenters. The Balaban J connectivity index is 1.63. The van der Waals surface area contributed by atoms with Crippen LogP contribution in [0, 0.1) is 0 Å². The Hall–Kier alpha value is -2.12. The van der Waals surface area contributed by atoms with Crippen molar-refractivity contribution < 1.29 is 13.2 Å². The minimum absolute atomic E-state index is 0.00143. The number of hydrogen-bond acceptors (Lipinski definition) is 5. The summed E-state index contributed by atoms with van der Waals surface area (Å²) in [5, 5.41) is 6.56. The molecule has 0 aliphatic carbocycles. The standard InChI is InChI=1S/C17H18ClN3O3S/c18-15-4-2-1-3-13(15)10-20-16-9-12(5-7-19-16)17(22)21-14-6-8-25(23,24)11-14/h1-5,7,9,14H,6,8,10-11H2,(H,19,20)(H,21,22). The fourth-order valence-corrected chi connectivity index (χ4v) is 4.55. The van der Waals surface area contributed by atoms with Gasteiger partial charge in [-0.05, 0) is 30.2 Å². The Bertz CT molecular complexity index is 886. The fourth-order valence-electron chi connectivity index (χ4n) is 2.67. The number of amides is 1. The molecule has 1 aliphatic heterocycles. The number of aromatic nitrogens is 1. The molecule has 6 nitrogen and oxygen atoms in total. The molecule has 25 heavy (non-hydrogen) atoms. The maximum absolute atomic E-state index is 12.3. The van der Waals surface area contributed by atoms with Crippen LogP contribution in [0.15, 0.2) is 42.6 Å². The predicted molar refractivity (Wildman–Crippen MR) is 97.5 cm³/mol. The minimum atomic E-state index is -3.03. The molecule has 2 heterocycles. The Morgan fingerprint density at radius 3 is 2.80 bits per heavy atom. The molecular formula is C17H18ClN3O3S. The van der Waals surface area contributed by atoms with Crippen molar-refractivity contribution in [2.75, 3.05) is 16.8 Å². The number of nitrogens with one attached hydrogen (secondary N) is 2. The zero-order valence-electron chi connectivity index (χ0n) is 13.4. The molecule has 0 radical (unpaired) electrons. The fraction of sp³-hybridized carbons (Fsp3) is 0.294. The second-order valence-corrected chi connectivity index (χ2v) is 8.58. The molecule has 2 N–H and O–H groups in total. The molecule has 0 spiro atoms. The Morgan fingerprint density at radius 1 is 1.28 bits per heavy atom. The molecule has 8 heteroatoms. The number of rotatable bonds is 5. The number of nitrogens with zero attached hydrogens (tertiary/aromatic N) is 1. The molecule has 0 bridgehead atoms.